The molecule has 0 rings (SSSR count). The van der Waals surface area contributed by atoms with Crippen LogP contribution in [0.1, 0.15) is 104 Å². The molecule has 1 heteroatoms. The molecule has 0 amide bonds. The summed E-state index contributed by atoms with van der Waals surface area (Å²) in [5.74, 6) is 0.0353. The Labute approximate surface area is 163 Å². The lowest BCUT2D eigenvalue weighted by molar-refractivity contribution is -0.110. The first-order chi connectivity index (χ1) is 12.8. The molecule has 0 heterocycles. The fourth-order valence-corrected chi connectivity index (χ4v) is 2.95. The van der Waals surface area contributed by atoms with E-state index in [1.165, 1.54) is 83.5 Å². The number of rotatable bonds is 18. The zero-order valence-electron chi connectivity index (χ0n) is 17.4. The summed E-state index contributed by atoms with van der Waals surface area (Å²) in [5, 5.41) is 0. The lowest BCUT2D eigenvalue weighted by Gasteiger charge is -2.02. The van der Waals surface area contributed by atoms with Crippen LogP contribution in [-0.2, 0) is 4.79 Å². The van der Waals surface area contributed by atoms with E-state index in [1.54, 1.807) is 24.3 Å². The number of unbranched alkanes of at least 4 members (excludes halogenated alkanes) is 13. The highest BCUT2D eigenvalue weighted by Crippen LogP contribution is 2.12. The number of hydrogen-bond acceptors (Lipinski definition) is 1. The van der Waals surface area contributed by atoms with E-state index >= 15 is 0 Å². The maximum atomic E-state index is 11.2. The fraction of sp³-hybridized carbons (Fsp3) is 0.640. The minimum absolute atomic E-state index is 0.0353. The van der Waals surface area contributed by atoms with Crippen LogP contribution in [0.15, 0.2) is 48.6 Å². The molecule has 148 valence electrons. The standard InChI is InChI=1S/C25H42O/c1-3-5-6-7-8-9-10-11-12-13-14-15-16-17-18-19-20-21-22-24-25(26)23-4-2/h4,18-24H,3,5-17H2,1-2H3. The first-order valence-electron chi connectivity index (χ1n) is 11.0. The first-order valence-corrected chi connectivity index (χ1v) is 11.0. The molecule has 0 atom stereocenters. The fourth-order valence-electron chi connectivity index (χ4n) is 2.95. The molecule has 0 radical (unpaired) electrons. The Morgan fingerprint density at radius 1 is 0.615 bits per heavy atom. The average Bonchev–Trinajstić information content (AvgIpc) is 2.64. The highest BCUT2D eigenvalue weighted by atomic mass is 16.1. The second-order valence-electron chi connectivity index (χ2n) is 7.11. The maximum Gasteiger partial charge on any atom is 0.178 e. The maximum absolute atomic E-state index is 11.2. The van der Waals surface area contributed by atoms with E-state index in [-0.39, 0.29) is 5.78 Å². The van der Waals surface area contributed by atoms with E-state index in [0.717, 1.165) is 6.42 Å². The van der Waals surface area contributed by atoms with Gasteiger partial charge in [-0.3, -0.25) is 4.79 Å². The van der Waals surface area contributed by atoms with Crippen LogP contribution in [0.2, 0.25) is 0 Å². The first kappa shape index (κ1) is 24.6. The third kappa shape index (κ3) is 20.7. The van der Waals surface area contributed by atoms with Gasteiger partial charge in [0, 0.05) is 0 Å². The highest BCUT2D eigenvalue weighted by Gasteiger charge is 1.93. The van der Waals surface area contributed by atoms with Crippen molar-refractivity contribution in [2.45, 2.75) is 104 Å². The summed E-state index contributed by atoms with van der Waals surface area (Å²) >= 11 is 0. The third-order valence-electron chi connectivity index (χ3n) is 4.54. The van der Waals surface area contributed by atoms with Crippen molar-refractivity contribution in [3.8, 4) is 0 Å². The quantitative estimate of drug-likeness (QED) is 0.137. The van der Waals surface area contributed by atoms with Crippen LogP contribution in [0.25, 0.3) is 0 Å². The Hall–Kier alpha value is -1.37. The molecule has 0 aliphatic heterocycles. The summed E-state index contributed by atoms with van der Waals surface area (Å²) in [6, 6.07) is 0. The number of hydrogen-bond donors (Lipinski definition) is 0. The van der Waals surface area contributed by atoms with Gasteiger partial charge in [-0.2, -0.15) is 0 Å². The van der Waals surface area contributed by atoms with Crippen molar-refractivity contribution < 1.29 is 4.79 Å². The van der Waals surface area contributed by atoms with Crippen molar-refractivity contribution in [2.75, 3.05) is 0 Å². The van der Waals surface area contributed by atoms with Gasteiger partial charge in [0.05, 0.1) is 0 Å². The zero-order valence-corrected chi connectivity index (χ0v) is 17.4. The van der Waals surface area contributed by atoms with E-state index in [2.05, 4.69) is 19.1 Å². The monoisotopic (exact) mass is 358 g/mol. The van der Waals surface area contributed by atoms with Crippen molar-refractivity contribution in [2.24, 2.45) is 0 Å². The van der Waals surface area contributed by atoms with Gasteiger partial charge >= 0.3 is 0 Å². The molecular formula is C25H42O. The van der Waals surface area contributed by atoms with Crippen molar-refractivity contribution in [1.29, 1.82) is 0 Å². The molecule has 0 saturated carbocycles. The molecule has 0 aliphatic carbocycles. The molecule has 0 aliphatic rings. The smallest absolute Gasteiger partial charge is 0.178 e. The lowest BCUT2D eigenvalue weighted by atomic mass is 10.0. The van der Waals surface area contributed by atoms with Gasteiger partial charge in [0.1, 0.15) is 0 Å². The van der Waals surface area contributed by atoms with Crippen LogP contribution in [0.5, 0.6) is 0 Å². The molecule has 0 unspecified atom stereocenters. The summed E-state index contributed by atoms with van der Waals surface area (Å²) in [6.07, 6.45) is 34.3. The van der Waals surface area contributed by atoms with Crippen molar-refractivity contribution in [1.82, 2.24) is 0 Å². The Morgan fingerprint density at radius 2 is 1.12 bits per heavy atom. The van der Waals surface area contributed by atoms with Gasteiger partial charge in [-0.05, 0) is 31.9 Å². The molecule has 0 aromatic heterocycles. The molecule has 26 heavy (non-hydrogen) atoms. The van der Waals surface area contributed by atoms with Gasteiger partial charge in [0.15, 0.2) is 5.78 Å². The van der Waals surface area contributed by atoms with Crippen LogP contribution in [0.4, 0.5) is 0 Å². The zero-order chi connectivity index (χ0) is 19.1. The summed E-state index contributed by atoms with van der Waals surface area (Å²) < 4.78 is 0. The molecule has 1 nitrogen and oxygen atoms in total. The molecular weight excluding hydrogens is 316 g/mol. The van der Waals surface area contributed by atoms with Crippen molar-refractivity contribution in [3.63, 3.8) is 0 Å². The third-order valence-corrected chi connectivity index (χ3v) is 4.54. The summed E-state index contributed by atoms with van der Waals surface area (Å²) in [5.41, 5.74) is 0. The second kappa shape index (κ2) is 21.7. The largest absolute Gasteiger partial charge is 0.290 e. The summed E-state index contributed by atoms with van der Waals surface area (Å²) in [4.78, 5) is 11.2. The van der Waals surface area contributed by atoms with E-state index in [4.69, 9.17) is 0 Å². The van der Waals surface area contributed by atoms with E-state index in [0.29, 0.717) is 0 Å². The Morgan fingerprint density at radius 3 is 1.65 bits per heavy atom. The normalized spacial score (nSPS) is 12.4. The summed E-state index contributed by atoms with van der Waals surface area (Å²) in [6.45, 7) is 4.13. The second-order valence-corrected chi connectivity index (χ2v) is 7.11. The van der Waals surface area contributed by atoms with Gasteiger partial charge in [-0.1, -0.05) is 120 Å². The number of carbonyl (C=O) groups excluding carboxylic acids is 1. The molecule has 0 bridgehead atoms. The van der Waals surface area contributed by atoms with Crippen molar-refractivity contribution >= 4 is 5.78 Å². The molecule has 0 N–H and O–H groups in total. The van der Waals surface area contributed by atoms with E-state index in [9.17, 15) is 4.79 Å². The predicted molar refractivity (Wildman–Crippen MR) is 118 cm³/mol. The van der Waals surface area contributed by atoms with Gasteiger partial charge < -0.3 is 0 Å². The average molecular weight is 359 g/mol. The van der Waals surface area contributed by atoms with Crippen LogP contribution < -0.4 is 0 Å². The summed E-state index contributed by atoms with van der Waals surface area (Å²) in [7, 11) is 0. The number of allylic oxidation sites excluding steroid dienone is 8. The SMILES string of the molecule is CC=CC(=O)C=CC=CC=CCCCCCCCCCCCCCCC. The molecule has 0 aromatic carbocycles. The molecule has 0 saturated heterocycles. The molecule has 0 spiro atoms. The Balaban J connectivity index is 3.29. The minimum Gasteiger partial charge on any atom is -0.290 e. The number of carbonyl (C=O) groups is 1. The van der Waals surface area contributed by atoms with Gasteiger partial charge in [-0.15, -0.1) is 0 Å². The van der Waals surface area contributed by atoms with Crippen LogP contribution in [-0.4, -0.2) is 5.78 Å². The predicted octanol–water partition coefficient (Wildman–Crippen LogP) is 8.28. The van der Waals surface area contributed by atoms with Crippen LogP contribution >= 0.6 is 0 Å². The molecule has 0 fully saturated rings. The Kier molecular flexibility index (Phi) is 20.5. The van der Waals surface area contributed by atoms with Crippen LogP contribution in [0.3, 0.4) is 0 Å². The van der Waals surface area contributed by atoms with E-state index in [1.807, 2.05) is 19.1 Å². The minimum atomic E-state index is 0.0353. The van der Waals surface area contributed by atoms with Gasteiger partial charge in [0.2, 0.25) is 0 Å². The van der Waals surface area contributed by atoms with Gasteiger partial charge in [-0.25, -0.2) is 0 Å². The lowest BCUT2D eigenvalue weighted by Crippen LogP contribution is -1.82. The van der Waals surface area contributed by atoms with Crippen molar-refractivity contribution in [3.05, 3.63) is 48.6 Å². The topological polar surface area (TPSA) is 17.1 Å². The highest BCUT2D eigenvalue weighted by molar-refractivity contribution is 5.99. The molecule has 0 aromatic rings. The van der Waals surface area contributed by atoms with Crippen LogP contribution in [0, 0.1) is 0 Å². The van der Waals surface area contributed by atoms with Gasteiger partial charge in [0.25, 0.3) is 0 Å². The Bertz CT molecular complexity index is 412. The number of ketones is 1. The van der Waals surface area contributed by atoms with E-state index < -0.39 is 0 Å².